The summed E-state index contributed by atoms with van der Waals surface area (Å²) in [6.45, 7) is 2.38. The lowest BCUT2D eigenvalue weighted by molar-refractivity contribution is 0.0526. The van der Waals surface area contributed by atoms with Gasteiger partial charge in [-0.15, -0.1) is 0 Å². The molecule has 110 valence electrons. The summed E-state index contributed by atoms with van der Waals surface area (Å²) in [5.74, 6) is 0.102. The van der Waals surface area contributed by atoms with Crippen molar-refractivity contribution in [1.82, 2.24) is 0 Å². The maximum Gasteiger partial charge on any atom is 0.338 e. The lowest BCUT2D eigenvalue weighted by Gasteiger charge is -2.11. The predicted octanol–water partition coefficient (Wildman–Crippen LogP) is 3.68. The normalized spacial score (nSPS) is 10.2. The van der Waals surface area contributed by atoms with E-state index >= 15 is 0 Å². The summed E-state index contributed by atoms with van der Waals surface area (Å²) in [6, 6.07) is 12.2. The number of hydrogen-bond donors (Lipinski definition) is 1. The van der Waals surface area contributed by atoms with Gasteiger partial charge in [-0.2, -0.15) is 0 Å². The third-order valence-electron chi connectivity index (χ3n) is 2.86. The number of nitrogens with two attached hydrogens (primary N) is 1. The van der Waals surface area contributed by atoms with E-state index < -0.39 is 5.97 Å². The van der Waals surface area contributed by atoms with Crippen LogP contribution >= 0.6 is 11.6 Å². The van der Waals surface area contributed by atoms with Gasteiger partial charge < -0.3 is 15.2 Å². The van der Waals surface area contributed by atoms with Crippen LogP contribution in [-0.4, -0.2) is 12.6 Å². The molecule has 0 bridgehead atoms. The van der Waals surface area contributed by atoms with Crippen molar-refractivity contribution in [3.05, 3.63) is 58.6 Å². The minimum Gasteiger partial charge on any atom is -0.487 e. The molecule has 0 aromatic heterocycles. The Morgan fingerprint density at radius 3 is 2.67 bits per heavy atom. The fourth-order valence-corrected chi connectivity index (χ4v) is 1.98. The number of ether oxygens (including phenoxy) is 2. The molecule has 0 fully saturated rings. The van der Waals surface area contributed by atoms with Crippen molar-refractivity contribution in [2.24, 2.45) is 0 Å². The molecule has 0 saturated carbocycles. The first kappa shape index (κ1) is 15.2. The number of carbonyl (C=O) groups is 1. The molecule has 5 heteroatoms. The van der Waals surface area contributed by atoms with E-state index in [9.17, 15) is 4.79 Å². The Morgan fingerprint density at radius 1 is 1.24 bits per heavy atom. The van der Waals surface area contributed by atoms with Crippen LogP contribution < -0.4 is 10.5 Å². The van der Waals surface area contributed by atoms with Gasteiger partial charge in [0.2, 0.25) is 0 Å². The summed E-state index contributed by atoms with van der Waals surface area (Å²) in [5, 5.41) is 0.638. The van der Waals surface area contributed by atoms with Crippen LogP contribution in [0.1, 0.15) is 22.8 Å². The summed E-state index contributed by atoms with van der Waals surface area (Å²) < 4.78 is 10.6. The fraction of sp³-hybridized carbons (Fsp3) is 0.188. The van der Waals surface area contributed by atoms with Crippen molar-refractivity contribution in [2.75, 3.05) is 12.3 Å². The zero-order valence-corrected chi connectivity index (χ0v) is 12.4. The summed E-state index contributed by atoms with van der Waals surface area (Å²) in [4.78, 5) is 11.6. The molecule has 0 atom stereocenters. The lowest BCUT2D eigenvalue weighted by Crippen LogP contribution is -2.06. The Bertz CT molecular complexity index is 643. The zero-order valence-electron chi connectivity index (χ0n) is 11.6. The Kier molecular flexibility index (Phi) is 5.06. The summed E-state index contributed by atoms with van der Waals surface area (Å²) in [5.41, 5.74) is 7.54. The molecule has 2 aromatic rings. The Balaban J connectivity index is 2.08. The monoisotopic (exact) mass is 305 g/mol. The molecule has 0 unspecified atom stereocenters. The quantitative estimate of drug-likeness (QED) is 0.676. The minimum atomic E-state index is -0.401. The maximum absolute atomic E-state index is 11.6. The van der Waals surface area contributed by atoms with Gasteiger partial charge in [-0.05, 0) is 31.2 Å². The highest BCUT2D eigenvalue weighted by molar-refractivity contribution is 6.31. The van der Waals surface area contributed by atoms with E-state index in [1.54, 1.807) is 31.2 Å². The van der Waals surface area contributed by atoms with E-state index in [0.717, 1.165) is 5.56 Å². The average molecular weight is 306 g/mol. The number of rotatable bonds is 5. The van der Waals surface area contributed by atoms with Crippen molar-refractivity contribution in [1.29, 1.82) is 0 Å². The molecule has 2 N–H and O–H groups in total. The van der Waals surface area contributed by atoms with Crippen LogP contribution in [0.2, 0.25) is 5.02 Å². The molecule has 4 nitrogen and oxygen atoms in total. The van der Waals surface area contributed by atoms with E-state index in [1.165, 1.54) is 0 Å². The number of halogens is 1. The van der Waals surface area contributed by atoms with E-state index in [1.807, 2.05) is 18.2 Å². The largest absolute Gasteiger partial charge is 0.487 e. The fourth-order valence-electron chi connectivity index (χ4n) is 1.79. The first-order chi connectivity index (χ1) is 10.1. The van der Waals surface area contributed by atoms with Crippen LogP contribution in [0.5, 0.6) is 5.75 Å². The molecule has 21 heavy (non-hydrogen) atoms. The van der Waals surface area contributed by atoms with Gasteiger partial charge in [0, 0.05) is 10.6 Å². The number of anilines is 1. The number of hydrogen-bond acceptors (Lipinski definition) is 4. The van der Waals surface area contributed by atoms with E-state index in [0.29, 0.717) is 35.2 Å². The molecule has 2 aromatic carbocycles. The van der Waals surface area contributed by atoms with Crippen LogP contribution in [0.15, 0.2) is 42.5 Å². The molecule has 0 aliphatic rings. The van der Waals surface area contributed by atoms with Crippen LogP contribution in [0, 0.1) is 0 Å². The van der Waals surface area contributed by atoms with Crippen molar-refractivity contribution < 1.29 is 14.3 Å². The Hall–Kier alpha value is -2.20. The summed E-state index contributed by atoms with van der Waals surface area (Å²) in [6.07, 6.45) is 0. The zero-order chi connectivity index (χ0) is 15.2. The summed E-state index contributed by atoms with van der Waals surface area (Å²) in [7, 11) is 0. The van der Waals surface area contributed by atoms with Gasteiger partial charge in [-0.25, -0.2) is 4.79 Å². The van der Waals surface area contributed by atoms with E-state index in [-0.39, 0.29) is 0 Å². The minimum absolute atomic E-state index is 0.308. The number of nitrogen functional groups attached to an aromatic ring is 1. The molecule has 0 aliphatic heterocycles. The number of carbonyl (C=O) groups excluding carboxylic acids is 1. The van der Waals surface area contributed by atoms with Crippen LogP contribution in [0.3, 0.4) is 0 Å². The molecule has 0 spiro atoms. The first-order valence-electron chi connectivity index (χ1n) is 6.54. The topological polar surface area (TPSA) is 61.5 Å². The maximum atomic E-state index is 11.6. The van der Waals surface area contributed by atoms with Crippen LogP contribution in [0.4, 0.5) is 5.69 Å². The number of esters is 1. The molecule has 2 rings (SSSR count). The highest BCUT2D eigenvalue weighted by Crippen LogP contribution is 2.25. The second kappa shape index (κ2) is 6.99. The molecule has 0 saturated heterocycles. The third kappa shape index (κ3) is 3.89. The van der Waals surface area contributed by atoms with Gasteiger partial charge >= 0.3 is 5.97 Å². The van der Waals surface area contributed by atoms with Crippen LogP contribution in [-0.2, 0) is 11.3 Å². The standard InChI is InChI=1S/C16H16ClNO3/c1-2-20-16(19)11-7-8-15(14(18)9-11)21-10-12-5-3-4-6-13(12)17/h3-9H,2,10,18H2,1H3. The van der Waals surface area contributed by atoms with Gasteiger partial charge in [0.15, 0.2) is 0 Å². The van der Waals surface area contributed by atoms with Crippen LogP contribution in [0.25, 0.3) is 0 Å². The van der Waals surface area contributed by atoms with Gasteiger partial charge in [-0.3, -0.25) is 0 Å². The Morgan fingerprint density at radius 2 is 2.00 bits per heavy atom. The molecule has 0 aliphatic carbocycles. The highest BCUT2D eigenvalue weighted by atomic mass is 35.5. The molecular weight excluding hydrogens is 290 g/mol. The first-order valence-corrected chi connectivity index (χ1v) is 6.92. The smallest absolute Gasteiger partial charge is 0.338 e. The Labute approximate surface area is 128 Å². The molecular formula is C16H16ClNO3. The second-order valence-electron chi connectivity index (χ2n) is 4.35. The third-order valence-corrected chi connectivity index (χ3v) is 3.23. The SMILES string of the molecule is CCOC(=O)c1ccc(OCc2ccccc2Cl)c(N)c1. The van der Waals surface area contributed by atoms with E-state index in [4.69, 9.17) is 26.8 Å². The highest BCUT2D eigenvalue weighted by Gasteiger charge is 2.10. The van der Waals surface area contributed by atoms with Crippen molar-refractivity contribution >= 4 is 23.3 Å². The summed E-state index contributed by atoms with van der Waals surface area (Å²) >= 11 is 6.06. The van der Waals surface area contributed by atoms with Gasteiger partial charge in [0.05, 0.1) is 17.9 Å². The van der Waals surface area contributed by atoms with E-state index in [2.05, 4.69) is 0 Å². The predicted molar refractivity (Wildman–Crippen MR) is 82.6 cm³/mol. The van der Waals surface area contributed by atoms with Crippen molar-refractivity contribution in [3.63, 3.8) is 0 Å². The average Bonchev–Trinajstić information content (AvgIpc) is 2.47. The van der Waals surface area contributed by atoms with Gasteiger partial charge in [0.1, 0.15) is 12.4 Å². The second-order valence-corrected chi connectivity index (χ2v) is 4.76. The molecule has 0 radical (unpaired) electrons. The molecule has 0 amide bonds. The van der Waals surface area contributed by atoms with Crippen molar-refractivity contribution in [3.8, 4) is 5.75 Å². The van der Waals surface area contributed by atoms with Gasteiger partial charge in [-0.1, -0.05) is 29.8 Å². The van der Waals surface area contributed by atoms with Gasteiger partial charge in [0.25, 0.3) is 0 Å². The molecule has 0 heterocycles. The number of benzene rings is 2. The van der Waals surface area contributed by atoms with Crippen molar-refractivity contribution in [2.45, 2.75) is 13.5 Å². The lowest BCUT2D eigenvalue weighted by atomic mass is 10.2.